The molecule has 0 aromatic rings. The minimum Gasteiger partial charge on any atom is -0.333 e. The van der Waals surface area contributed by atoms with Crippen LogP contribution in [0, 0.1) is 5.92 Å². The van der Waals surface area contributed by atoms with Crippen molar-refractivity contribution in [3.63, 3.8) is 0 Å². The van der Waals surface area contributed by atoms with E-state index in [9.17, 15) is 18.0 Å². The molecule has 0 saturated carbocycles. The van der Waals surface area contributed by atoms with E-state index in [-0.39, 0.29) is 6.42 Å². The molecule has 3 nitrogen and oxygen atoms in total. The van der Waals surface area contributed by atoms with Crippen molar-refractivity contribution in [2.45, 2.75) is 25.1 Å². The average Bonchev–Trinajstić information content (AvgIpc) is 2.19. The summed E-state index contributed by atoms with van der Waals surface area (Å²) >= 11 is 0. The highest BCUT2D eigenvalue weighted by Crippen LogP contribution is 2.33. The molecule has 1 heterocycles. The maximum absolute atomic E-state index is 12.2. The van der Waals surface area contributed by atoms with Crippen LogP contribution in [-0.4, -0.2) is 32.1 Å². The third-order valence-electron chi connectivity index (χ3n) is 2.07. The Kier molecular flexibility index (Phi) is 5.71. The second kappa shape index (κ2) is 5.98. The molecule has 1 saturated heterocycles. The van der Waals surface area contributed by atoms with Crippen molar-refractivity contribution in [2.24, 2.45) is 11.7 Å². The van der Waals surface area contributed by atoms with Gasteiger partial charge in [-0.2, -0.15) is 13.2 Å². The Hall–Kier alpha value is -0.620. The molecule has 2 unspecified atom stereocenters. The van der Waals surface area contributed by atoms with E-state index in [0.29, 0.717) is 19.3 Å². The monoisotopic (exact) mass is 212 g/mol. The molecular weight excluding hydrogens is 197 g/mol. The predicted octanol–water partition coefficient (Wildman–Crippen LogP) is 0.691. The summed E-state index contributed by atoms with van der Waals surface area (Å²) in [5, 5.41) is 2.54. The molecule has 0 radical (unpaired) electrons. The van der Waals surface area contributed by atoms with Gasteiger partial charge in [-0.1, -0.05) is 0 Å². The standard InChI is InChI=1S/C7H10F3NO.CH5N/c8-7(9,10)5-2-1-3-11-6(5)4-12;1-2/h4-6,11H,1-3H2;2H2,1H3. The lowest BCUT2D eigenvalue weighted by molar-refractivity contribution is -0.187. The van der Waals surface area contributed by atoms with Crippen molar-refractivity contribution in [1.29, 1.82) is 0 Å². The molecule has 0 aromatic carbocycles. The third-order valence-corrected chi connectivity index (χ3v) is 2.07. The summed E-state index contributed by atoms with van der Waals surface area (Å²) in [6, 6.07) is -1.04. The molecule has 1 fully saturated rings. The van der Waals surface area contributed by atoms with Crippen molar-refractivity contribution in [2.75, 3.05) is 13.6 Å². The summed E-state index contributed by atoms with van der Waals surface area (Å²) in [6.45, 7) is 0.496. The minimum absolute atomic E-state index is 0.0555. The van der Waals surface area contributed by atoms with E-state index in [1.165, 1.54) is 7.05 Å². The van der Waals surface area contributed by atoms with Crippen LogP contribution in [0.1, 0.15) is 12.8 Å². The number of carbonyl (C=O) groups excluding carboxylic acids is 1. The van der Waals surface area contributed by atoms with Crippen LogP contribution in [0.4, 0.5) is 13.2 Å². The van der Waals surface area contributed by atoms with Crippen LogP contribution in [0.25, 0.3) is 0 Å². The molecule has 1 aliphatic rings. The van der Waals surface area contributed by atoms with Gasteiger partial charge in [0.15, 0.2) is 0 Å². The SMILES string of the molecule is CN.O=CC1NCCCC1C(F)(F)F. The fraction of sp³-hybridized carbons (Fsp3) is 0.875. The number of nitrogens with one attached hydrogen (secondary N) is 1. The number of piperidine rings is 1. The lowest BCUT2D eigenvalue weighted by Crippen LogP contribution is -2.48. The Morgan fingerprint density at radius 1 is 1.43 bits per heavy atom. The Balaban J connectivity index is 0.000000791. The average molecular weight is 212 g/mol. The number of halogens is 3. The van der Waals surface area contributed by atoms with Crippen LogP contribution >= 0.6 is 0 Å². The van der Waals surface area contributed by atoms with Gasteiger partial charge in [-0.3, -0.25) is 0 Å². The first-order chi connectivity index (χ1) is 6.55. The molecule has 0 aliphatic carbocycles. The highest BCUT2D eigenvalue weighted by atomic mass is 19.4. The largest absolute Gasteiger partial charge is 0.393 e. The van der Waals surface area contributed by atoms with Gasteiger partial charge >= 0.3 is 6.18 Å². The molecule has 84 valence electrons. The molecule has 0 spiro atoms. The zero-order valence-electron chi connectivity index (χ0n) is 7.97. The molecule has 0 bridgehead atoms. The zero-order valence-corrected chi connectivity index (χ0v) is 7.97. The number of rotatable bonds is 1. The van der Waals surface area contributed by atoms with Crippen molar-refractivity contribution in [3.05, 3.63) is 0 Å². The number of hydrogen-bond donors (Lipinski definition) is 2. The van der Waals surface area contributed by atoms with E-state index in [0.717, 1.165) is 0 Å². The van der Waals surface area contributed by atoms with Gasteiger partial charge in [-0.15, -0.1) is 0 Å². The van der Waals surface area contributed by atoms with Gasteiger partial charge in [0.25, 0.3) is 0 Å². The van der Waals surface area contributed by atoms with Gasteiger partial charge in [0.1, 0.15) is 6.29 Å². The fourth-order valence-electron chi connectivity index (χ4n) is 1.42. The molecule has 14 heavy (non-hydrogen) atoms. The van der Waals surface area contributed by atoms with Crippen LogP contribution in [0.2, 0.25) is 0 Å². The maximum Gasteiger partial charge on any atom is 0.393 e. The van der Waals surface area contributed by atoms with Gasteiger partial charge in [-0.05, 0) is 26.4 Å². The molecule has 1 rings (SSSR count). The van der Waals surface area contributed by atoms with E-state index in [1.807, 2.05) is 0 Å². The van der Waals surface area contributed by atoms with Gasteiger partial charge in [-0.25, -0.2) is 0 Å². The second-order valence-corrected chi connectivity index (χ2v) is 2.91. The number of carbonyl (C=O) groups is 1. The smallest absolute Gasteiger partial charge is 0.333 e. The summed E-state index contributed by atoms with van der Waals surface area (Å²) in [5.41, 5.74) is 4.50. The first-order valence-electron chi connectivity index (χ1n) is 4.39. The predicted molar refractivity (Wildman–Crippen MR) is 46.7 cm³/mol. The number of alkyl halides is 3. The van der Waals surface area contributed by atoms with Gasteiger partial charge in [0.2, 0.25) is 0 Å². The molecular formula is C8H15F3N2O. The Labute approximate surface area is 80.8 Å². The lowest BCUT2D eigenvalue weighted by Gasteiger charge is -2.30. The van der Waals surface area contributed by atoms with E-state index in [4.69, 9.17) is 0 Å². The second-order valence-electron chi connectivity index (χ2n) is 2.91. The van der Waals surface area contributed by atoms with E-state index in [1.54, 1.807) is 0 Å². The summed E-state index contributed by atoms with van der Waals surface area (Å²) in [5.74, 6) is -1.50. The van der Waals surface area contributed by atoms with Crippen LogP contribution in [0.5, 0.6) is 0 Å². The summed E-state index contributed by atoms with van der Waals surface area (Å²) in [6.07, 6.45) is -3.37. The number of aldehydes is 1. The van der Waals surface area contributed by atoms with E-state index >= 15 is 0 Å². The third kappa shape index (κ3) is 3.63. The van der Waals surface area contributed by atoms with Gasteiger partial charge in [0, 0.05) is 0 Å². The Morgan fingerprint density at radius 3 is 2.36 bits per heavy atom. The zero-order chi connectivity index (χ0) is 11.2. The van der Waals surface area contributed by atoms with Gasteiger partial charge in [0.05, 0.1) is 12.0 Å². The summed E-state index contributed by atoms with van der Waals surface area (Å²) in [7, 11) is 1.50. The Morgan fingerprint density at radius 2 is 2.00 bits per heavy atom. The lowest BCUT2D eigenvalue weighted by atomic mass is 9.91. The quantitative estimate of drug-likeness (QED) is 0.629. The van der Waals surface area contributed by atoms with Crippen molar-refractivity contribution >= 4 is 6.29 Å². The fourth-order valence-corrected chi connectivity index (χ4v) is 1.42. The highest BCUT2D eigenvalue weighted by molar-refractivity contribution is 5.58. The first kappa shape index (κ1) is 13.4. The van der Waals surface area contributed by atoms with E-state index < -0.39 is 18.1 Å². The van der Waals surface area contributed by atoms with Crippen molar-refractivity contribution in [1.82, 2.24) is 5.32 Å². The van der Waals surface area contributed by atoms with Crippen molar-refractivity contribution in [3.8, 4) is 0 Å². The minimum atomic E-state index is -4.25. The topological polar surface area (TPSA) is 55.1 Å². The molecule has 0 aromatic heterocycles. The van der Waals surface area contributed by atoms with Crippen LogP contribution in [0.15, 0.2) is 0 Å². The van der Waals surface area contributed by atoms with Crippen molar-refractivity contribution < 1.29 is 18.0 Å². The van der Waals surface area contributed by atoms with Gasteiger partial charge < -0.3 is 15.8 Å². The summed E-state index contributed by atoms with van der Waals surface area (Å²) in [4.78, 5) is 10.3. The van der Waals surface area contributed by atoms with E-state index in [2.05, 4.69) is 11.1 Å². The molecule has 1 aliphatic heterocycles. The Bertz CT molecular complexity index is 172. The molecule has 0 amide bonds. The number of hydrogen-bond acceptors (Lipinski definition) is 3. The maximum atomic E-state index is 12.2. The summed E-state index contributed by atoms with van der Waals surface area (Å²) < 4.78 is 36.5. The van der Waals surface area contributed by atoms with Crippen LogP contribution in [-0.2, 0) is 4.79 Å². The number of nitrogens with two attached hydrogens (primary N) is 1. The normalized spacial score (nSPS) is 27.5. The van der Waals surface area contributed by atoms with Crippen LogP contribution < -0.4 is 11.1 Å². The molecule has 3 N–H and O–H groups in total. The van der Waals surface area contributed by atoms with Crippen LogP contribution in [0.3, 0.4) is 0 Å². The first-order valence-corrected chi connectivity index (χ1v) is 4.39. The molecule has 6 heteroatoms. The molecule has 2 atom stereocenters. The highest BCUT2D eigenvalue weighted by Gasteiger charge is 2.45.